The largest absolute Gasteiger partial charge is 0.466 e. The molecule has 0 saturated heterocycles. The summed E-state index contributed by atoms with van der Waals surface area (Å²) in [6.45, 7) is 1.86. The van der Waals surface area contributed by atoms with Crippen molar-refractivity contribution in [2.45, 2.75) is 19.3 Å². The van der Waals surface area contributed by atoms with E-state index in [1.807, 2.05) is 6.07 Å². The van der Waals surface area contributed by atoms with Crippen LogP contribution in [0.15, 0.2) is 29.7 Å². The average molecular weight is 360 g/mol. The van der Waals surface area contributed by atoms with Crippen molar-refractivity contribution >= 4 is 5.97 Å². The van der Waals surface area contributed by atoms with Crippen LogP contribution in [0.25, 0.3) is 0 Å². The Morgan fingerprint density at radius 1 is 1.50 bits per heavy atom. The fourth-order valence-electron chi connectivity index (χ4n) is 2.85. The highest BCUT2D eigenvalue weighted by molar-refractivity contribution is 5.73. The van der Waals surface area contributed by atoms with E-state index in [4.69, 9.17) is 15.2 Å². The molecule has 0 spiro atoms. The maximum atomic E-state index is 14.4. The molecule has 1 unspecified atom stereocenters. The molecule has 1 aromatic heterocycles. The number of H-pyrrole nitrogens is 1. The van der Waals surface area contributed by atoms with Crippen molar-refractivity contribution in [2.75, 3.05) is 6.61 Å². The first-order valence-electron chi connectivity index (χ1n) is 7.71. The topological polar surface area (TPSA) is 114 Å². The Hall–Kier alpha value is -3.41. The third kappa shape index (κ3) is 2.97. The number of nitrogens with one attached hydrogen (secondary N) is 1. The predicted octanol–water partition coefficient (Wildman–Crippen LogP) is 2.01. The van der Waals surface area contributed by atoms with Gasteiger partial charge in [0.1, 0.15) is 23.3 Å². The number of nitrogens with two attached hydrogens (primary N) is 1. The molecule has 1 atom stereocenters. The van der Waals surface area contributed by atoms with Gasteiger partial charge in [0.05, 0.1) is 30.2 Å². The normalized spacial score (nSPS) is 15.8. The zero-order valence-corrected chi connectivity index (χ0v) is 13.7. The Labute approximate surface area is 147 Å². The Kier molecular flexibility index (Phi) is 4.58. The van der Waals surface area contributed by atoms with Crippen molar-refractivity contribution in [1.82, 2.24) is 10.2 Å². The van der Waals surface area contributed by atoms with Crippen LogP contribution in [-0.4, -0.2) is 22.8 Å². The van der Waals surface area contributed by atoms with E-state index < -0.39 is 23.5 Å². The van der Waals surface area contributed by atoms with Crippen LogP contribution >= 0.6 is 0 Å². The molecule has 3 N–H and O–H groups in total. The van der Waals surface area contributed by atoms with E-state index >= 15 is 0 Å². The summed E-state index contributed by atoms with van der Waals surface area (Å²) in [6.07, 6.45) is -0.183. The van der Waals surface area contributed by atoms with E-state index in [1.54, 1.807) is 6.92 Å². The van der Waals surface area contributed by atoms with Crippen molar-refractivity contribution < 1.29 is 23.0 Å². The summed E-state index contributed by atoms with van der Waals surface area (Å²) < 4.78 is 37.9. The van der Waals surface area contributed by atoms with Gasteiger partial charge in [0.15, 0.2) is 0 Å². The summed E-state index contributed by atoms with van der Waals surface area (Å²) in [5.74, 6) is -3.34. The third-order valence-electron chi connectivity index (χ3n) is 3.92. The third-order valence-corrected chi connectivity index (χ3v) is 3.92. The van der Waals surface area contributed by atoms with Crippen molar-refractivity contribution in [2.24, 2.45) is 5.73 Å². The minimum Gasteiger partial charge on any atom is -0.466 e. The van der Waals surface area contributed by atoms with Gasteiger partial charge in [0.25, 0.3) is 0 Å². The number of esters is 1. The minimum atomic E-state index is -0.993. The van der Waals surface area contributed by atoms with E-state index in [-0.39, 0.29) is 41.5 Å². The standard InChI is InChI=1S/C17H14F2N4O3/c1-2-25-13(24)6-12-15-14(9-4-3-8(18)5-11(9)19)10(7-20)16(21)26-17(15)23-22-12/h3-5,14H,2,6,21H2,1H3,(H,22,23). The highest BCUT2D eigenvalue weighted by atomic mass is 19.1. The molecule has 0 saturated carbocycles. The van der Waals surface area contributed by atoms with E-state index in [0.29, 0.717) is 11.8 Å². The second-order valence-electron chi connectivity index (χ2n) is 5.49. The Balaban J connectivity index is 2.15. The SMILES string of the molecule is CCOC(=O)Cc1[nH]nc2c1C(c1ccc(F)cc1F)C(C#N)=C(N)O2. The number of allylic oxidation sites excluding steroid dienone is 1. The van der Waals surface area contributed by atoms with Crippen LogP contribution in [0.1, 0.15) is 29.7 Å². The summed E-state index contributed by atoms with van der Waals surface area (Å²) in [4.78, 5) is 11.8. The van der Waals surface area contributed by atoms with Crippen molar-refractivity contribution in [3.05, 3.63) is 58.1 Å². The Bertz CT molecular complexity index is 946. The number of nitrogens with zero attached hydrogens (tertiary/aromatic N) is 2. The van der Waals surface area contributed by atoms with Gasteiger partial charge < -0.3 is 15.2 Å². The van der Waals surface area contributed by atoms with Crippen LogP contribution in [0.5, 0.6) is 5.88 Å². The lowest BCUT2D eigenvalue weighted by Gasteiger charge is -2.24. The van der Waals surface area contributed by atoms with Crippen LogP contribution in [0, 0.1) is 23.0 Å². The van der Waals surface area contributed by atoms with Gasteiger partial charge in [0, 0.05) is 11.6 Å². The number of fused-ring (bicyclic) bond motifs is 1. The van der Waals surface area contributed by atoms with Gasteiger partial charge in [-0.05, 0) is 13.0 Å². The molecule has 1 aliphatic rings. The van der Waals surface area contributed by atoms with Crippen molar-refractivity contribution in [3.8, 4) is 11.9 Å². The number of rotatable bonds is 4. The monoisotopic (exact) mass is 360 g/mol. The number of carbonyl (C=O) groups is 1. The van der Waals surface area contributed by atoms with Crippen LogP contribution in [0.2, 0.25) is 0 Å². The Morgan fingerprint density at radius 3 is 2.92 bits per heavy atom. The molecular weight excluding hydrogens is 346 g/mol. The summed E-state index contributed by atoms with van der Waals surface area (Å²) in [7, 11) is 0. The number of aromatic amines is 1. The molecule has 9 heteroatoms. The molecule has 0 radical (unpaired) electrons. The fourth-order valence-corrected chi connectivity index (χ4v) is 2.85. The molecule has 0 amide bonds. The number of ether oxygens (including phenoxy) is 2. The van der Waals surface area contributed by atoms with E-state index in [1.165, 1.54) is 6.07 Å². The van der Waals surface area contributed by atoms with Gasteiger partial charge in [-0.25, -0.2) is 8.78 Å². The maximum Gasteiger partial charge on any atom is 0.311 e. The first kappa shape index (κ1) is 17.4. The quantitative estimate of drug-likeness (QED) is 0.806. The fraction of sp³-hybridized carbons (Fsp3) is 0.235. The van der Waals surface area contributed by atoms with Gasteiger partial charge in [-0.2, -0.15) is 5.26 Å². The molecule has 26 heavy (non-hydrogen) atoms. The van der Waals surface area contributed by atoms with Crippen LogP contribution in [-0.2, 0) is 16.0 Å². The number of nitriles is 1. The molecule has 0 fully saturated rings. The molecule has 7 nitrogen and oxygen atoms in total. The average Bonchev–Trinajstić information content (AvgIpc) is 2.96. The Morgan fingerprint density at radius 2 is 2.27 bits per heavy atom. The van der Waals surface area contributed by atoms with E-state index in [0.717, 1.165) is 6.07 Å². The zero-order chi connectivity index (χ0) is 18.8. The second-order valence-corrected chi connectivity index (χ2v) is 5.49. The number of benzene rings is 1. The molecule has 3 rings (SSSR count). The first-order chi connectivity index (χ1) is 12.5. The van der Waals surface area contributed by atoms with Gasteiger partial charge >= 0.3 is 5.97 Å². The molecule has 1 aromatic carbocycles. The van der Waals surface area contributed by atoms with Gasteiger partial charge in [-0.15, -0.1) is 5.10 Å². The van der Waals surface area contributed by atoms with Crippen molar-refractivity contribution in [1.29, 1.82) is 5.26 Å². The maximum absolute atomic E-state index is 14.4. The summed E-state index contributed by atoms with van der Waals surface area (Å²) >= 11 is 0. The second kappa shape index (κ2) is 6.84. The molecule has 0 bridgehead atoms. The first-order valence-corrected chi connectivity index (χ1v) is 7.71. The number of aromatic nitrogens is 2. The van der Waals surface area contributed by atoms with Gasteiger partial charge in [-0.1, -0.05) is 6.07 Å². The number of hydrogen-bond acceptors (Lipinski definition) is 6. The lowest BCUT2D eigenvalue weighted by Crippen LogP contribution is -2.22. The minimum absolute atomic E-state index is 0.0157. The molecule has 2 aromatic rings. The molecule has 134 valence electrons. The highest BCUT2D eigenvalue weighted by Gasteiger charge is 2.37. The number of hydrogen-bond donors (Lipinski definition) is 2. The molecular formula is C17H14F2N4O3. The van der Waals surface area contributed by atoms with Crippen LogP contribution < -0.4 is 10.5 Å². The van der Waals surface area contributed by atoms with Crippen LogP contribution in [0.3, 0.4) is 0 Å². The lowest BCUT2D eigenvalue weighted by molar-refractivity contribution is -0.142. The number of halogens is 2. The van der Waals surface area contributed by atoms with Gasteiger partial charge in [0.2, 0.25) is 11.8 Å². The number of carbonyl (C=O) groups excluding carboxylic acids is 1. The zero-order valence-electron chi connectivity index (χ0n) is 13.7. The van der Waals surface area contributed by atoms with E-state index in [2.05, 4.69) is 10.2 Å². The van der Waals surface area contributed by atoms with E-state index in [9.17, 15) is 18.8 Å². The van der Waals surface area contributed by atoms with Crippen molar-refractivity contribution in [3.63, 3.8) is 0 Å². The molecule has 1 aliphatic heterocycles. The predicted molar refractivity (Wildman–Crippen MR) is 84.6 cm³/mol. The smallest absolute Gasteiger partial charge is 0.311 e. The summed E-state index contributed by atoms with van der Waals surface area (Å²) in [5, 5.41) is 16.0. The summed E-state index contributed by atoms with van der Waals surface area (Å²) in [6, 6.07) is 4.89. The molecule has 0 aliphatic carbocycles. The molecule has 2 heterocycles. The highest BCUT2D eigenvalue weighted by Crippen LogP contribution is 2.43. The summed E-state index contributed by atoms with van der Waals surface area (Å²) in [5.41, 5.74) is 6.30. The van der Waals surface area contributed by atoms with Crippen LogP contribution in [0.4, 0.5) is 8.78 Å². The van der Waals surface area contributed by atoms with Gasteiger partial charge in [-0.3, -0.25) is 9.89 Å². The lowest BCUT2D eigenvalue weighted by atomic mass is 9.83.